The van der Waals surface area contributed by atoms with E-state index in [1.54, 1.807) is 30.3 Å². The first-order chi connectivity index (χ1) is 17.3. The van der Waals surface area contributed by atoms with E-state index in [2.05, 4.69) is 0 Å². The van der Waals surface area contributed by atoms with Crippen LogP contribution >= 0.6 is 11.6 Å². The number of aliphatic hydroxyl groups excluding tert-OH is 4. The number of aliphatic hydroxyl groups is 4. The Morgan fingerprint density at radius 3 is 2.50 bits per heavy atom. The van der Waals surface area contributed by atoms with Crippen molar-refractivity contribution in [3.63, 3.8) is 0 Å². The minimum atomic E-state index is -1.75. The Morgan fingerprint density at radius 2 is 1.78 bits per heavy atom. The number of nitrogens with one attached hydrogen (secondary N) is 1. The SMILES string of the molecule is N=Cc1ccccc1Oc1ccc(Cc2cc([C@]34OC[C@](CO)(O3)[C@@H](O)[C@H](O)[C@H]4O)ccc2Cl)cc1. The zero-order valence-electron chi connectivity index (χ0n) is 19.2. The lowest BCUT2D eigenvalue weighted by Gasteiger charge is -2.46. The molecule has 9 heteroatoms. The van der Waals surface area contributed by atoms with Crippen molar-refractivity contribution in [1.29, 1.82) is 5.41 Å². The number of halogens is 1. The van der Waals surface area contributed by atoms with Gasteiger partial charge in [0.1, 0.15) is 35.4 Å². The molecular weight excluding hydrogens is 486 g/mol. The first-order valence-electron chi connectivity index (χ1n) is 11.5. The molecule has 188 valence electrons. The number of hydrogen-bond donors (Lipinski definition) is 5. The second kappa shape index (κ2) is 9.57. The third-order valence-corrected chi connectivity index (χ3v) is 7.17. The Labute approximate surface area is 212 Å². The Bertz CT molecular complexity index is 1270. The van der Waals surface area contributed by atoms with Gasteiger partial charge in [0.2, 0.25) is 5.79 Å². The van der Waals surface area contributed by atoms with Crippen molar-refractivity contribution in [3.8, 4) is 11.5 Å². The van der Waals surface area contributed by atoms with Crippen LogP contribution in [-0.4, -0.2) is 63.8 Å². The molecule has 2 heterocycles. The van der Waals surface area contributed by atoms with Gasteiger partial charge in [-0.15, -0.1) is 0 Å². The van der Waals surface area contributed by atoms with E-state index in [-0.39, 0.29) is 6.61 Å². The number of benzene rings is 3. The molecule has 0 spiro atoms. The highest BCUT2D eigenvalue weighted by atomic mass is 35.5. The highest BCUT2D eigenvalue weighted by Crippen LogP contribution is 2.49. The van der Waals surface area contributed by atoms with Crippen molar-refractivity contribution in [2.24, 2.45) is 0 Å². The van der Waals surface area contributed by atoms with Crippen LogP contribution in [0.25, 0.3) is 0 Å². The summed E-state index contributed by atoms with van der Waals surface area (Å²) in [6, 6.07) is 19.8. The smallest absolute Gasteiger partial charge is 0.225 e. The largest absolute Gasteiger partial charge is 0.457 e. The molecule has 0 radical (unpaired) electrons. The fourth-order valence-electron chi connectivity index (χ4n) is 4.72. The van der Waals surface area contributed by atoms with Gasteiger partial charge in [0.25, 0.3) is 0 Å². The third-order valence-electron chi connectivity index (χ3n) is 6.80. The van der Waals surface area contributed by atoms with Crippen LogP contribution in [0.5, 0.6) is 11.5 Å². The van der Waals surface area contributed by atoms with Gasteiger partial charge in [0.15, 0.2) is 0 Å². The summed E-state index contributed by atoms with van der Waals surface area (Å²) in [5.74, 6) is -0.539. The predicted octanol–water partition coefficient (Wildman–Crippen LogP) is 2.75. The Balaban J connectivity index is 1.39. The molecule has 0 amide bonds. The van der Waals surface area contributed by atoms with Crippen LogP contribution in [0.3, 0.4) is 0 Å². The highest BCUT2D eigenvalue weighted by molar-refractivity contribution is 6.31. The van der Waals surface area contributed by atoms with Crippen molar-refractivity contribution in [3.05, 3.63) is 94.0 Å². The lowest BCUT2D eigenvalue weighted by molar-refractivity contribution is -0.329. The molecule has 3 aromatic rings. The van der Waals surface area contributed by atoms with Gasteiger partial charge in [-0.3, -0.25) is 0 Å². The lowest BCUT2D eigenvalue weighted by Crippen LogP contribution is -2.65. The number of hydrogen-bond acceptors (Lipinski definition) is 8. The summed E-state index contributed by atoms with van der Waals surface area (Å²) in [6.45, 7) is -0.780. The van der Waals surface area contributed by atoms with E-state index in [4.69, 9.17) is 31.2 Å². The van der Waals surface area contributed by atoms with E-state index in [9.17, 15) is 20.4 Å². The molecule has 0 aromatic heterocycles. The Hall–Kier alpha value is -2.82. The van der Waals surface area contributed by atoms with E-state index in [0.717, 1.165) is 11.1 Å². The van der Waals surface area contributed by atoms with Crippen molar-refractivity contribution in [2.45, 2.75) is 36.1 Å². The maximum Gasteiger partial charge on any atom is 0.225 e. The van der Waals surface area contributed by atoms with Gasteiger partial charge in [-0.2, -0.15) is 0 Å². The third kappa shape index (κ3) is 4.10. The van der Waals surface area contributed by atoms with Crippen LogP contribution in [0.15, 0.2) is 66.7 Å². The number of fused-ring (bicyclic) bond motifs is 2. The standard InChI is InChI=1S/C27H26ClNO7/c28-21-10-7-19(27-25(33)23(31)24(32)26(14-30,36-27)15-34-27)12-18(21)11-16-5-8-20(9-6-16)35-22-4-2-1-3-17(22)13-29/h1-10,12-13,23-25,29-33H,11,14-15H2/t23-,24-,25+,26-,27-/m0/s1. The van der Waals surface area contributed by atoms with Gasteiger partial charge in [-0.25, -0.2) is 0 Å². The molecule has 2 bridgehead atoms. The van der Waals surface area contributed by atoms with Crippen LogP contribution in [0, 0.1) is 5.41 Å². The van der Waals surface area contributed by atoms with E-state index < -0.39 is 36.3 Å². The summed E-state index contributed by atoms with van der Waals surface area (Å²) in [7, 11) is 0. The summed E-state index contributed by atoms with van der Waals surface area (Å²) in [4.78, 5) is 0. The summed E-state index contributed by atoms with van der Waals surface area (Å²) in [6.07, 6.45) is -2.97. The molecule has 8 nitrogen and oxygen atoms in total. The first-order valence-corrected chi connectivity index (χ1v) is 11.8. The van der Waals surface area contributed by atoms with Gasteiger partial charge < -0.3 is 40.0 Å². The highest BCUT2D eigenvalue weighted by Gasteiger charge is 2.67. The average molecular weight is 512 g/mol. The molecule has 3 aromatic carbocycles. The van der Waals surface area contributed by atoms with E-state index in [1.807, 2.05) is 36.4 Å². The van der Waals surface area contributed by atoms with Gasteiger partial charge >= 0.3 is 0 Å². The molecule has 2 fully saturated rings. The zero-order chi connectivity index (χ0) is 25.5. The molecule has 36 heavy (non-hydrogen) atoms. The van der Waals surface area contributed by atoms with Gasteiger partial charge in [-0.1, -0.05) is 41.9 Å². The molecule has 5 rings (SSSR count). The molecule has 0 saturated carbocycles. The minimum absolute atomic E-state index is 0.195. The molecule has 2 aliphatic heterocycles. The van der Waals surface area contributed by atoms with Crippen LogP contribution < -0.4 is 4.74 Å². The quantitative estimate of drug-likeness (QED) is 0.308. The van der Waals surface area contributed by atoms with Gasteiger partial charge in [-0.05, 0) is 53.9 Å². The summed E-state index contributed by atoms with van der Waals surface area (Å²) in [5.41, 5.74) is 1.22. The fraction of sp³-hybridized carbons (Fsp3) is 0.296. The van der Waals surface area contributed by atoms with Crippen molar-refractivity contribution >= 4 is 17.8 Å². The summed E-state index contributed by atoms with van der Waals surface area (Å²) >= 11 is 6.48. The second-order valence-electron chi connectivity index (χ2n) is 9.07. The van der Waals surface area contributed by atoms with Crippen molar-refractivity contribution in [2.75, 3.05) is 13.2 Å². The van der Waals surface area contributed by atoms with Gasteiger partial charge in [0.05, 0.1) is 13.2 Å². The molecular formula is C27H26ClNO7. The van der Waals surface area contributed by atoms with E-state index >= 15 is 0 Å². The maximum absolute atomic E-state index is 10.8. The van der Waals surface area contributed by atoms with Crippen molar-refractivity contribution in [1.82, 2.24) is 0 Å². The summed E-state index contributed by atoms with van der Waals surface area (Å²) < 4.78 is 17.6. The zero-order valence-corrected chi connectivity index (χ0v) is 19.9. The van der Waals surface area contributed by atoms with Gasteiger partial charge in [0, 0.05) is 22.4 Å². The predicted molar refractivity (Wildman–Crippen MR) is 132 cm³/mol. The Morgan fingerprint density at radius 1 is 1.03 bits per heavy atom. The Kier molecular flexibility index (Phi) is 6.61. The first kappa shape index (κ1) is 24.9. The molecule has 5 N–H and O–H groups in total. The minimum Gasteiger partial charge on any atom is -0.457 e. The van der Waals surface area contributed by atoms with Crippen LogP contribution in [-0.2, 0) is 21.7 Å². The fourth-order valence-corrected chi connectivity index (χ4v) is 4.90. The molecule has 2 saturated heterocycles. The molecule has 5 atom stereocenters. The number of ether oxygens (including phenoxy) is 3. The number of rotatable bonds is 7. The van der Waals surface area contributed by atoms with E-state index in [0.29, 0.717) is 34.1 Å². The average Bonchev–Trinajstić information content (AvgIpc) is 3.29. The maximum atomic E-state index is 10.8. The normalized spacial score (nSPS) is 29.2. The van der Waals surface area contributed by atoms with Crippen LogP contribution in [0.2, 0.25) is 5.02 Å². The van der Waals surface area contributed by atoms with Crippen LogP contribution in [0.1, 0.15) is 22.3 Å². The lowest BCUT2D eigenvalue weighted by atomic mass is 9.83. The van der Waals surface area contributed by atoms with Crippen molar-refractivity contribution < 1.29 is 34.6 Å². The van der Waals surface area contributed by atoms with E-state index in [1.165, 1.54) is 6.21 Å². The monoisotopic (exact) mass is 511 g/mol. The van der Waals surface area contributed by atoms with Crippen LogP contribution in [0.4, 0.5) is 0 Å². The summed E-state index contributed by atoms with van der Waals surface area (Å²) in [5, 5.41) is 49.5. The second-order valence-corrected chi connectivity index (χ2v) is 9.48. The molecule has 0 unspecified atom stereocenters. The number of para-hydroxylation sites is 1. The molecule has 0 aliphatic carbocycles. The topological polar surface area (TPSA) is 132 Å². The molecule has 2 aliphatic rings.